The molecule has 0 radical (unpaired) electrons. The van der Waals surface area contributed by atoms with E-state index in [1.54, 1.807) is 19.1 Å². The summed E-state index contributed by atoms with van der Waals surface area (Å²) >= 11 is 0. The van der Waals surface area contributed by atoms with Gasteiger partial charge < -0.3 is 16.0 Å². The second-order valence-corrected chi connectivity index (χ2v) is 9.70. The van der Waals surface area contributed by atoms with Gasteiger partial charge in [-0.1, -0.05) is 40.2 Å². The molecule has 1 aromatic carbocycles. The minimum atomic E-state index is -2.84. The summed E-state index contributed by atoms with van der Waals surface area (Å²) in [7, 11) is 0. The van der Waals surface area contributed by atoms with E-state index in [9.17, 15) is 27.6 Å². The van der Waals surface area contributed by atoms with Crippen molar-refractivity contribution in [1.82, 2.24) is 10.6 Å². The fraction of sp³-hybridized carbons (Fsp3) is 0.625. The summed E-state index contributed by atoms with van der Waals surface area (Å²) < 4.78 is 42.3. The third kappa shape index (κ3) is 8.05. The van der Waals surface area contributed by atoms with Crippen molar-refractivity contribution in [3.8, 4) is 0 Å². The van der Waals surface area contributed by atoms with Crippen molar-refractivity contribution in [1.29, 1.82) is 0 Å². The van der Waals surface area contributed by atoms with Gasteiger partial charge in [0.1, 0.15) is 11.9 Å². The summed E-state index contributed by atoms with van der Waals surface area (Å²) in [6.45, 7) is 7.43. The maximum Gasteiger partial charge on any atom is 0.248 e. The maximum absolute atomic E-state index is 14.5. The molecule has 0 aromatic heterocycles. The molecule has 3 amide bonds. The van der Waals surface area contributed by atoms with Crippen LogP contribution in [0.3, 0.4) is 0 Å². The summed E-state index contributed by atoms with van der Waals surface area (Å²) in [6.07, 6.45) is -0.289. The van der Waals surface area contributed by atoms with Gasteiger partial charge in [-0.15, -0.1) is 0 Å². The molecule has 33 heavy (non-hydrogen) atoms. The second-order valence-electron chi connectivity index (χ2n) is 9.70. The Bertz CT molecular complexity index is 868. The Hall–Kier alpha value is -2.58. The Balaban J connectivity index is 2.10. The minimum absolute atomic E-state index is 0.00642. The van der Waals surface area contributed by atoms with E-state index >= 15 is 0 Å². The molecule has 6 nitrogen and oxygen atoms in total. The van der Waals surface area contributed by atoms with Crippen molar-refractivity contribution in [2.24, 2.45) is 5.92 Å². The van der Waals surface area contributed by atoms with E-state index in [1.807, 2.05) is 20.8 Å². The van der Waals surface area contributed by atoms with Crippen LogP contribution in [0, 0.1) is 11.7 Å². The molecule has 0 saturated carbocycles. The number of anilines is 1. The highest BCUT2D eigenvalue weighted by Crippen LogP contribution is 2.28. The maximum atomic E-state index is 14.5. The Morgan fingerprint density at radius 1 is 1.21 bits per heavy atom. The Kier molecular flexibility index (Phi) is 8.91. The number of carbonyl (C=O) groups is 3. The van der Waals surface area contributed by atoms with Gasteiger partial charge in [-0.25, -0.2) is 13.2 Å². The lowest BCUT2D eigenvalue weighted by Gasteiger charge is -2.23. The molecule has 1 heterocycles. The number of hydrogen-bond acceptors (Lipinski definition) is 3. The molecule has 184 valence electrons. The van der Waals surface area contributed by atoms with Crippen molar-refractivity contribution in [2.45, 2.75) is 83.6 Å². The number of carbonyl (C=O) groups excluding carboxylic acids is 3. The summed E-state index contributed by atoms with van der Waals surface area (Å²) in [5.41, 5.74) is 0.278. The van der Waals surface area contributed by atoms with Crippen molar-refractivity contribution >= 4 is 23.4 Å². The zero-order chi connectivity index (χ0) is 24.8. The largest absolute Gasteiger partial charge is 0.355 e. The molecule has 0 unspecified atom stereocenters. The quantitative estimate of drug-likeness (QED) is 0.478. The molecule has 1 aliphatic rings. The van der Waals surface area contributed by atoms with Crippen molar-refractivity contribution in [3.63, 3.8) is 0 Å². The number of alkyl halides is 2. The number of rotatable bonds is 10. The summed E-state index contributed by atoms with van der Waals surface area (Å²) in [5.74, 6) is -5.32. The summed E-state index contributed by atoms with van der Waals surface area (Å²) in [5, 5.41) is 7.71. The van der Waals surface area contributed by atoms with E-state index in [0.29, 0.717) is 12.0 Å². The van der Waals surface area contributed by atoms with Gasteiger partial charge in [-0.05, 0) is 36.0 Å². The number of benzene rings is 1. The van der Waals surface area contributed by atoms with Crippen molar-refractivity contribution in [2.75, 3.05) is 11.9 Å². The summed E-state index contributed by atoms with van der Waals surface area (Å²) in [4.78, 5) is 36.8. The van der Waals surface area contributed by atoms with Crippen molar-refractivity contribution in [3.05, 3.63) is 29.6 Å². The lowest BCUT2D eigenvalue weighted by atomic mass is 9.86. The monoisotopic (exact) mass is 469 g/mol. The average molecular weight is 470 g/mol. The highest BCUT2D eigenvalue weighted by atomic mass is 19.3. The van der Waals surface area contributed by atoms with Crippen LogP contribution >= 0.6 is 0 Å². The first-order chi connectivity index (χ1) is 15.3. The van der Waals surface area contributed by atoms with Gasteiger partial charge in [0.25, 0.3) is 0 Å². The number of nitrogens with one attached hydrogen (secondary N) is 3. The van der Waals surface area contributed by atoms with Crippen LogP contribution in [0.5, 0.6) is 0 Å². The highest BCUT2D eigenvalue weighted by molar-refractivity contribution is 5.98. The Labute approximate surface area is 193 Å². The van der Waals surface area contributed by atoms with Gasteiger partial charge in [0.2, 0.25) is 23.6 Å². The van der Waals surface area contributed by atoms with E-state index in [-0.39, 0.29) is 43.8 Å². The zero-order valence-corrected chi connectivity index (χ0v) is 19.7. The van der Waals surface area contributed by atoms with Crippen LogP contribution in [0.15, 0.2) is 18.2 Å². The number of amides is 3. The van der Waals surface area contributed by atoms with Gasteiger partial charge in [-0.3, -0.25) is 14.4 Å². The lowest BCUT2D eigenvalue weighted by molar-refractivity contribution is -0.129. The molecule has 2 rings (SSSR count). The minimum Gasteiger partial charge on any atom is -0.355 e. The highest BCUT2D eigenvalue weighted by Gasteiger charge is 2.32. The van der Waals surface area contributed by atoms with Gasteiger partial charge >= 0.3 is 0 Å². The molecule has 1 fully saturated rings. The molecular weight excluding hydrogens is 435 g/mol. The van der Waals surface area contributed by atoms with E-state index in [1.165, 1.54) is 6.07 Å². The first-order valence-corrected chi connectivity index (χ1v) is 11.4. The van der Waals surface area contributed by atoms with Crippen molar-refractivity contribution < 1.29 is 27.6 Å². The molecule has 1 aliphatic heterocycles. The van der Waals surface area contributed by atoms with Gasteiger partial charge in [0.05, 0.1) is 5.92 Å². The van der Waals surface area contributed by atoms with E-state index < -0.39 is 47.3 Å². The van der Waals surface area contributed by atoms with Crippen LogP contribution in [0.4, 0.5) is 18.9 Å². The molecular formula is C24H34F3N3O3. The topological polar surface area (TPSA) is 87.3 Å². The molecule has 9 heteroatoms. The molecule has 0 aliphatic carbocycles. The van der Waals surface area contributed by atoms with E-state index in [2.05, 4.69) is 16.0 Å². The zero-order valence-electron chi connectivity index (χ0n) is 19.7. The Morgan fingerprint density at radius 2 is 1.91 bits per heavy atom. The standard InChI is InChI=1S/C24H34F3N3O3/c1-5-10-24(26,27)11-6-7-19(30-21(32)15-12-20(31)28-14-15)22(33)29-16-8-9-17(18(25)13-16)23(2,3)4/h8-9,13,15,19H,5-7,10-12,14H2,1-4H3,(H,28,31)(H,29,33)(H,30,32)/t15-,19-/m0/s1. The molecule has 2 atom stereocenters. The molecule has 3 N–H and O–H groups in total. The van der Waals surface area contributed by atoms with Crippen LogP contribution in [-0.2, 0) is 19.8 Å². The lowest BCUT2D eigenvalue weighted by Crippen LogP contribution is -2.46. The third-order valence-corrected chi connectivity index (χ3v) is 5.68. The Morgan fingerprint density at radius 3 is 2.45 bits per heavy atom. The molecule has 1 saturated heterocycles. The average Bonchev–Trinajstić information content (AvgIpc) is 3.12. The first kappa shape index (κ1) is 26.7. The fourth-order valence-electron chi connectivity index (χ4n) is 3.83. The molecule has 1 aromatic rings. The van der Waals surface area contributed by atoms with Crippen LogP contribution in [0.2, 0.25) is 0 Å². The smallest absolute Gasteiger partial charge is 0.248 e. The third-order valence-electron chi connectivity index (χ3n) is 5.68. The van der Waals surface area contributed by atoms with E-state index in [4.69, 9.17) is 0 Å². The van der Waals surface area contributed by atoms with Gasteiger partial charge in [-0.2, -0.15) is 0 Å². The van der Waals surface area contributed by atoms with Crippen LogP contribution in [-0.4, -0.2) is 36.2 Å². The number of hydrogen-bond donors (Lipinski definition) is 3. The van der Waals surface area contributed by atoms with Crippen LogP contribution < -0.4 is 16.0 Å². The molecule has 0 spiro atoms. The second kappa shape index (κ2) is 11.0. The predicted octanol–water partition coefficient (Wildman–Crippen LogP) is 4.29. The van der Waals surface area contributed by atoms with E-state index in [0.717, 1.165) is 0 Å². The normalized spacial score (nSPS) is 17.4. The first-order valence-electron chi connectivity index (χ1n) is 11.4. The van der Waals surface area contributed by atoms with Gasteiger partial charge in [0, 0.05) is 31.5 Å². The number of halogens is 3. The van der Waals surface area contributed by atoms with Crippen LogP contribution in [0.25, 0.3) is 0 Å². The van der Waals surface area contributed by atoms with Crippen LogP contribution in [0.1, 0.15) is 71.8 Å². The molecule has 0 bridgehead atoms. The summed E-state index contributed by atoms with van der Waals surface area (Å²) in [6, 6.07) is 3.26. The predicted molar refractivity (Wildman–Crippen MR) is 120 cm³/mol. The fourth-order valence-corrected chi connectivity index (χ4v) is 3.83. The van der Waals surface area contributed by atoms with Gasteiger partial charge in [0.15, 0.2) is 0 Å². The SMILES string of the molecule is CCCC(F)(F)CCC[C@H](NC(=O)[C@@H]1CNC(=O)C1)C(=O)Nc1ccc(C(C)(C)C)c(F)c1.